The Labute approximate surface area is 108 Å². The molecule has 1 heterocycles. The second kappa shape index (κ2) is 4.97. The molecule has 0 aromatic heterocycles. The summed E-state index contributed by atoms with van der Waals surface area (Å²) < 4.78 is 0. The van der Waals surface area contributed by atoms with Crippen LogP contribution < -0.4 is 4.90 Å². The van der Waals surface area contributed by atoms with Gasteiger partial charge in [0.05, 0.1) is 0 Å². The molecule has 1 aliphatic carbocycles. The first-order valence-corrected chi connectivity index (χ1v) is 6.94. The smallest absolute Gasteiger partial charge is 0.231 e. The zero-order chi connectivity index (χ0) is 12.4. The highest BCUT2D eigenvalue weighted by Crippen LogP contribution is 2.37. The van der Waals surface area contributed by atoms with Gasteiger partial charge in [-0.1, -0.05) is 24.3 Å². The predicted octanol–water partition coefficient (Wildman–Crippen LogP) is 3.89. The van der Waals surface area contributed by atoms with Crippen molar-refractivity contribution < 1.29 is 4.79 Å². The standard InChI is InChI=1S/C16H19NO/c18-16-12-6-8-13-7-4-5-11-15(13)17(16)14-9-2-1-3-10-14/h1-3,9-11,13H,4-8,12H2. The lowest BCUT2D eigenvalue weighted by Gasteiger charge is -2.31. The summed E-state index contributed by atoms with van der Waals surface area (Å²) >= 11 is 0. The molecule has 0 bridgehead atoms. The molecule has 94 valence electrons. The minimum atomic E-state index is 0.261. The van der Waals surface area contributed by atoms with Crippen molar-refractivity contribution in [3.63, 3.8) is 0 Å². The SMILES string of the molecule is O=C1CCCC2CCCC=C2N1c1ccccc1. The highest BCUT2D eigenvalue weighted by atomic mass is 16.2. The average Bonchev–Trinajstić information content (AvgIpc) is 2.58. The molecule has 2 aliphatic rings. The van der Waals surface area contributed by atoms with Crippen LogP contribution in [0.4, 0.5) is 5.69 Å². The van der Waals surface area contributed by atoms with E-state index in [4.69, 9.17) is 0 Å². The molecule has 0 N–H and O–H groups in total. The number of carbonyl (C=O) groups excluding carboxylic acids is 1. The quantitative estimate of drug-likeness (QED) is 0.730. The van der Waals surface area contributed by atoms with E-state index < -0.39 is 0 Å². The van der Waals surface area contributed by atoms with Gasteiger partial charge in [-0.25, -0.2) is 0 Å². The van der Waals surface area contributed by atoms with Gasteiger partial charge in [-0.15, -0.1) is 0 Å². The van der Waals surface area contributed by atoms with Crippen molar-refractivity contribution in [3.05, 3.63) is 42.1 Å². The Kier molecular flexibility index (Phi) is 3.18. The number of para-hydroxylation sites is 1. The zero-order valence-electron chi connectivity index (χ0n) is 10.6. The number of rotatable bonds is 1. The van der Waals surface area contributed by atoms with E-state index in [9.17, 15) is 4.79 Å². The Morgan fingerprint density at radius 2 is 1.83 bits per heavy atom. The van der Waals surface area contributed by atoms with Crippen LogP contribution in [0, 0.1) is 5.92 Å². The van der Waals surface area contributed by atoms with Crippen molar-refractivity contribution in [3.8, 4) is 0 Å². The maximum absolute atomic E-state index is 12.4. The molecule has 2 heteroatoms. The maximum Gasteiger partial charge on any atom is 0.231 e. The number of hydrogen-bond acceptors (Lipinski definition) is 1. The van der Waals surface area contributed by atoms with Crippen LogP contribution in [0.1, 0.15) is 38.5 Å². The second-order valence-electron chi connectivity index (χ2n) is 5.21. The molecule has 1 unspecified atom stereocenters. The summed E-state index contributed by atoms with van der Waals surface area (Å²) in [6.45, 7) is 0. The number of anilines is 1. The fraction of sp³-hybridized carbons (Fsp3) is 0.438. The number of amides is 1. The molecule has 2 nitrogen and oxygen atoms in total. The Bertz CT molecular complexity index is 463. The minimum Gasteiger partial charge on any atom is -0.285 e. The third kappa shape index (κ3) is 2.07. The molecular weight excluding hydrogens is 222 g/mol. The van der Waals surface area contributed by atoms with Crippen LogP contribution in [-0.4, -0.2) is 5.91 Å². The molecule has 0 spiro atoms. The van der Waals surface area contributed by atoms with Crippen molar-refractivity contribution in [1.29, 1.82) is 0 Å². The van der Waals surface area contributed by atoms with E-state index in [0.29, 0.717) is 12.3 Å². The van der Waals surface area contributed by atoms with Crippen LogP contribution in [0.3, 0.4) is 0 Å². The molecule has 1 aromatic rings. The fourth-order valence-electron chi connectivity index (χ4n) is 3.12. The Hall–Kier alpha value is -1.57. The Balaban J connectivity index is 2.02. The number of nitrogens with zero attached hydrogens (tertiary/aromatic N) is 1. The highest BCUT2D eigenvalue weighted by molar-refractivity contribution is 5.96. The Morgan fingerprint density at radius 3 is 2.67 bits per heavy atom. The molecule has 0 saturated carbocycles. The van der Waals surface area contributed by atoms with Crippen LogP contribution in [0.15, 0.2) is 42.1 Å². The minimum absolute atomic E-state index is 0.261. The van der Waals surface area contributed by atoms with Gasteiger partial charge in [0.15, 0.2) is 0 Å². The first-order chi connectivity index (χ1) is 8.86. The van der Waals surface area contributed by atoms with Crippen molar-refractivity contribution >= 4 is 11.6 Å². The maximum atomic E-state index is 12.4. The molecular formula is C16H19NO. The molecule has 1 fully saturated rings. The zero-order valence-corrected chi connectivity index (χ0v) is 10.6. The van der Waals surface area contributed by atoms with Crippen LogP contribution in [0.2, 0.25) is 0 Å². The van der Waals surface area contributed by atoms with E-state index in [1.165, 1.54) is 25.0 Å². The topological polar surface area (TPSA) is 20.3 Å². The van der Waals surface area contributed by atoms with E-state index >= 15 is 0 Å². The number of benzene rings is 1. The number of carbonyl (C=O) groups is 1. The predicted molar refractivity (Wildman–Crippen MR) is 73.2 cm³/mol. The molecule has 1 aromatic carbocycles. The normalized spacial score (nSPS) is 24.2. The van der Waals surface area contributed by atoms with E-state index in [0.717, 1.165) is 18.5 Å². The number of fused-ring (bicyclic) bond motifs is 1. The molecule has 0 radical (unpaired) electrons. The number of allylic oxidation sites excluding steroid dienone is 2. The summed E-state index contributed by atoms with van der Waals surface area (Å²) in [6, 6.07) is 10.1. The highest BCUT2D eigenvalue weighted by Gasteiger charge is 2.30. The molecule has 3 rings (SSSR count). The van der Waals surface area contributed by atoms with E-state index in [-0.39, 0.29) is 5.91 Å². The summed E-state index contributed by atoms with van der Waals surface area (Å²) in [4.78, 5) is 14.3. The van der Waals surface area contributed by atoms with E-state index in [1.54, 1.807) is 0 Å². The summed E-state index contributed by atoms with van der Waals surface area (Å²) in [5, 5.41) is 0. The summed E-state index contributed by atoms with van der Waals surface area (Å²) in [6.07, 6.45) is 8.79. The van der Waals surface area contributed by atoms with Gasteiger partial charge < -0.3 is 0 Å². The van der Waals surface area contributed by atoms with Gasteiger partial charge in [-0.05, 0) is 50.2 Å². The fourth-order valence-corrected chi connectivity index (χ4v) is 3.12. The number of hydrogen-bond donors (Lipinski definition) is 0. The summed E-state index contributed by atoms with van der Waals surface area (Å²) in [5.41, 5.74) is 2.29. The lowest BCUT2D eigenvalue weighted by atomic mass is 9.88. The van der Waals surface area contributed by atoms with Crippen LogP contribution in [0.25, 0.3) is 0 Å². The van der Waals surface area contributed by atoms with Gasteiger partial charge in [-0.2, -0.15) is 0 Å². The van der Waals surface area contributed by atoms with Crippen molar-refractivity contribution in [2.45, 2.75) is 38.5 Å². The van der Waals surface area contributed by atoms with Crippen LogP contribution in [0.5, 0.6) is 0 Å². The third-order valence-electron chi connectivity index (χ3n) is 3.99. The van der Waals surface area contributed by atoms with Crippen LogP contribution in [-0.2, 0) is 4.79 Å². The largest absolute Gasteiger partial charge is 0.285 e. The van der Waals surface area contributed by atoms with Gasteiger partial charge >= 0.3 is 0 Å². The lowest BCUT2D eigenvalue weighted by Crippen LogP contribution is -2.32. The summed E-state index contributed by atoms with van der Waals surface area (Å²) in [7, 11) is 0. The van der Waals surface area contributed by atoms with Crippen molar-refractivity contribution in [2.75, 3.05) is 4.90 Å². The monoisotopic (exact) mass is 241 g/mol. The first kappa shape index (κ1) is 11.5. The second-order valence-corrected chi connectivity index (χ2v) is 5.21. The van der Waals surface area contributed by atoms with E-state index in [1.807, 2.05) is 35.2 Å². The Morgan fingerprint density at radius 1 is 1.06 bits per heavy atom. The first-order valence-electron chi connectivity index (χ1n) is 6.94. The van der Waals surface area contributed by atoms with Gasteiger partial charge in [0.25, 0.3) is 0 Å². The van der Waals surface area contributed by atoms with Gasteiger partial charge in [0.1, 0.15) is 0 Å². The molecule has 1 atom stereocenters. The van der Waals surface area contributed by atoms with Gasteiger partial charge in [-0.3, -0.25) is 9.69 Å². The van der Waals surface area contributed by atoms with Crippen LogP contribution >= 0.6 is 0 Å². The van der Waals surface area contributed by atoms with Crippen molar-refractivity contribution in [2.24, 2.45) is 5.92 Å². The average molecular weight is 241 g/mol. The van der Waals surface area contributed by atoms with Gasteiger partial charge in [0.2, 0.25) is 5.91 Å². The molecule has 1 saturated heterocycles. The lowest BCUT2D eigenvalue weighted by molar-refractivity contribution is -0.118. The van der Waals surface area contributed by atoms with Crippen molar-refractivity contribution in [1.82, 2.24) is 0 Å². The summed E-state index contributed by atoms with van der Waals surface area (Å²) in [5.74, 6) is 0.849. The third-order valence-corrected chi connectivity index (χ3v) is 3.99. The molecule has 1 aliphatic heterocycles. The van der Waals surface area contributed by atoms with E-state index in [2.05, 4.69) is 6.08 Å². The molecule has 18 heavy (non-hydrogen) atoms. The molecule has 1 amide bonds. The van der Waals surface area contributed by atoms with Gasteiger partial charge in [0, 0.05) is 17.8 Å².